The Hall–Kier alpha value is -0.380. The maximum Gasteiger partial charge on any atom is 0.163 e. The van der Waals surface area contributed by atoms with Crippen LogP contribution in [0.4, 0.5) is 0 Å². The second-order valence-electron chi connectivity index (χ2n) is 4.46. The van der Waals surface area contributed by atoms with Gasteiger partial charge in [-0.25, -0.2) is 0 Å². The van der Waals surface area contributed by atoms with Crippen LogP contribution in [0, 0.1) is 0 Å². The molecule has 1 N–H and O–H groups in total. The molecular weight excluding hydrogens is 168 g/mol. The third kappa shape index (κ3) is 1.52. The summed E-state index contributed by atoms with van der Waals surface area (Å²) in [6.07, 6.45) is 4.33. The first-order chi connectivity index (χ1) is 5.91. The lowest BCUT2D eigenvalue weighted by molar-refractivity contribution is -0.160. The molecule has 1 heterocycles. The Morgan fingerprint density at radius 2 is 2.00 bits per heavy atom. The maximum atomic E-state index is 9.99. The van der Waals surface area contributed by atoms with Gasteiger partial charge >= 0.3 is 0 Å². The third-order valence-corrected chi connectivity index (χ3v) is 2.58. The molecule has 2 rings (SSSR count). The van der Waals surface area contributed by atoms with Crippen molar-refractivity contribution < 1.29 is 14.6 Å². The standard InChI is InChI=1S/C10H16O3/c1-9(2)12-7-5-4-6-10(3,11)8(7)13-9/h4,6-8,11H,5H2,1-3H3/t7-,8-,10?/m0/s1. The molecule has 3 atom stereocenters. The molecule has 0 bridgehead atoms. The van der Waals surface area contributed by atoms with Gasteiger partial charge in [0, 0.05) is 0 Å². The monoisotopic (exact) mass is 184 g/mol. The van der Waals surface area contributed by atoms with Crippen LogP contribution in [0.5, 0.6) is 0 Å². The van der Waals surface area contributed by atoms with Crippen LogP contribution in [0.2, 0.25) is 0 Å². The summed E-state index contributed by atoms with van der Waals surface area (Å²) in [6, 6.07) is 0. The van der Waals surface area contributed by atoms with E-state index in [1.165, 1.54) is 0 Å². The fourth-order valence-electron chi connectivity index (χ4n) is 2.04. The van der Waals surface area contributed by atoms with Gasteiger partial charge in [-0.05, 0) is 27.2 Å². The van der Waals surface area contributed by atoms with E-state index < -0.39 is 11.4 Å². The Morgan fingerprint density at radius 1 is 1.31 bits per heavy atom. The maximum absolute atomic E-state index is 9.99. The average molecular weight is 184 g/mol. The molecule has 1 aliphatic carbocycles. The summed E-state index contributed by atoms with van der Waals surface area (Å²) in [5.41, 5.74) is -0.892. The van der Waals surface area contributed by atoms with Gasteiger partial charge in [-0.3, -0.25) is 0 Å². The van der Waals surface area contributed by atoms with E-state index >= 15 is 0 Å². The van der Waals surface area contributed by atoms with E-state index in [2.05, 4.69) is 0 Å². The molecule has 74 valence electrons. The number of hydrogen-bond acceptors (Lipinski definition) is 3. The molecule has 0 spiro atoms. The molecule has 0 saturated carbocycles. The summed E-state index contributed by atoms with van der Waals surface area (Å²) in [5, 5.41) is 9.99. The van der Waals surface area contributed by atoms with Gasteiger partial charge in [0.15, 0.2) is 5.79 Å². The molecule has 0 amide bonds. The second-order valence-corrected chi connectivity index (χ2v) is 4.46. The van der Waals surface area contributed by atoms with Crippen LogP contribution in [0.15, 0.2) is 12.2 Å². The van der Waals surface area contributed by atoms with Gasteiger partial charge in [-0.1, -0.05) is 12.2 Å². The lowest BCUT2D eigenvalue weighted by Gasteiger charge is -2.32. The zero-order valence-corrected chi connectivity index (χ0v) is 8.28. The zero-order valence-electron chi connectivity index (χ0n) is 8.28. The Bertz CT molecular complexity index is 243. The Kier molecular flexibility index (Phi) is 1.81. The van der Waals surface area contributed by atoms with Crippen LogP contribution in [0.1, 0.15) is 27.2 Å². The van der Waals surface area contributed by atoms with E-state index in [-0.39, 0.29) is 12.2 Å². The highest BCUT2D eigenvalue weighted by molar-refractivity contribution is 5.13. The normalized spacial score (nSPS) is 47.7. The van der Waals surface area contributed by atoms with Crippen molar-refractivity contribution in [3.63, 3.8) is 0 Å². The minimum atomic E-state index is -0.892. The average Bonchev–Trinajstić information content (AvgIpc) is 2.25. The van der Waals surface area contributed by atoms with Crippen molar-refractivity contribution in [2.45, 2.75) is 50.8 Å². The molecular formula is C10H16O3. The summed E-state index contributed by atoms with van der Waals surface area (Å²) < 4.78 is 11.3. The van der Waals surface area contributed by atoms with Gasteiger partial charge in [0.25, 0.3) is 0 Å². The lowest BCUT2D eigenvalue weighted by Crippen LogP contribution is -2.46. The molecule has 3 nitrogen and oxygen atoms in total. The molecule has 2 aliphatic rings. The van der Waals surface area contributed by atoms with E-state index in [0.717, 1.165) is 6.42 Å². The highest BCUT2D eigenvalue weighted by atomic mass is 16.8. The molecule has 0 aromatic rings. The molecule has 0 radical (unpaired) electrons. The topological polar surface area (TPSA) is 38.7 Å². The van der Waals surface area contributed by atoms with Crippen molar-refractivity contribution in [2.75, 3.05) is 0 Å². The smallest absolute Gasteiger partial charge is 0.163 e. The lowest BCUT2D eigenvalue weighted by atomic mass is 9.88. The molecule has 13 heavy (non-hydrogen) atoms. The molecule has 1 fully saturated rings. The van der Waals surface area contributed by atoms with E-state index in [0.29, 0.717) is 0 Å². The number of rotatable bonds is 0. The van der Waals surface area contributed by atoms with E-state index in [1.54, 1.807) is 13.0 Å². The molecule has 3 heteroatoms. The van der Waals surface area contributed by atoms with Crippen molar-refractivity contribution in [3.05, 3.63) is 12.2 Å². The van der Waals surface area contributed by atoms with Crippen molar-refractivity contribution in [3.8, 4) is 0 Å². The minimum absolute atomic E-state index is 0.00463. The Balaban J connectivity index is 2.24. The van der Waals surface area contributed by atoms with E-state index in [9.17, 15) is 5.11 Å². The number of ether oxygens (including phenoxy) is 2. The first kappa shape index (κ1) is 9.19. The largest absolute Gasteiger partial charge is 0.383 e. The van der Waals surface area contributed by atoms with Crippen LogP contribution in [-0.4, -0.2) is 28.7 Å². The predicted octanol–water partition coefficient (Wildman–Crippen LogP) is 1.22. The molecule has 1 unspecified atom stereocenters. The fraction of sp³-hybridized carbons (Fsp3) is 0.800. The minimum Gasteiger partial charge on any atom is -0.383 e. The Labute approximate surface area is 78.3 Å². The highest BCUT2D eigenvalue weighted by Crippen LogP contribution is 2.38. The molecule has 1 aliphatic heterocycles. The van der Waals surface area contributed by atoms with Gasteiger partial charge in [0.05, 0.1) is 6.10 Å². The predicted molar refractivity (Wildman–Crippen MR) is 48.2 cm³/mol. The van der Waals surface area contributed by atoms with Crippen LogP contribution in [-0.2, 0) is 9.47 Å². The molecule has 1 saturated heterocycles. The summed E-state index contributed by atoms with van der Waals surface area (Å²) in [7, 11) is 0. The first-order valence-electron chi connectivity index (χ1n) is 4.66. The number of hydrogen-bond donors (Lipinski definition) is 1. The van der Waals surface area contributed by atoms with Crippen LogP contribution >= 0.6 is 0 Å². The summed E-state index contributed by atoms with van der Waals surface area (Å²) in [5.74, 6) is -0.564. The third-order valence-electron chi connectivity index (χ3n) is 2.58. The van der Waals surface area contributed by atoms with E-state index in [1.807, 2.05) is 19.9 Å². The fourth-order valence-corrected chi connectivity index (χ4v) is 2.04. The summed E-state index contributed by atoms with van der Waals surface area (Å²) >= 11 is 0. The summed E-state index contributed by atoms with van der Waals surface area (Å²) in [4.78, 5) is 0. The summed E-state index contributed by atoms with van der Waals surface area (Å²) in [6.45, 7) is 5.51. The van der Waals surface area contributed by atoms with Gasteiger partial charge in [-0.15, -0.1) is 0 Å². The first-order valence-corrected chi connectivity index (χ1v) is 4.66. The molecule has 0 aromatic heterocycles. The van der Waals surface area contributed by atoms with E-state index in [4.69, 9.17) is 9.47 Å². The van der Waals surface area contributed by atoms with Gasteiger partial charge < -0.3 is 14.6 Å². The van der Waals surface area contributed by atoms with Gasteiger partial charge in [0.1, 0.15) is 11.7 Å². The highest BCUT2D eigenvalue weighted by Gasteiger charge is 2.49. The second kappa shape index (κ2) is 2.56. The van der Waals surface area contributed by atoms with Gasteiger partial charge in [-0.2, -0.15) is 0 Å². The van der Waals surface area contributed by atoms with Crippen molar-refractivity contribution in [2.24, 2.45) is 0 Å². The number of fused-ring (bicyclic) bond motifs is 1. The van der Waals surface area contributed by atoms with Crippen molar-refractivity contribution >= 4 is 0 Å². The number of aliphatic hydroxyl groups is 1. The molecule has 0 aromatic carbocycles. The van der Waals surface area contributed by atoms with Gasteiger partial charge in [0.2, 0.25) is 0 Å². The Morgan fingerprint density at radius 3 is 2.62 bits per heavy atom. The zero-order chi connectivity index (χ0) is 9.69. The SMILES string of the molecule is CC1(C)O[C@H]2CC=CC(C)(O)[C@H]2O1. The van der Waals surface area contributed by atoms with Crippen molar-refractivity contribution in [1.29, 1.82) is 0 Å². The van der Waals surface area contributed by atoms with Crippen LogP contribution in [0.25, 0.3) is 0 Å². The van der Waals surface area contributed by atoms with Crippen molar-refractivity contribution in [1.82, 2.24) is 0 Å². The quantitative estimate of drug-likeness (QED) is 0.575. The van der Waals surface area contributed by atoms with Crippen LogP contribution < -0.4 is 0 Å². The van der Waals surface area contributed by atoms with Crippen LogP contribution in [0.3, 0.4) is 0 Å².